The quantitative estimate of drug-likeness (QED) is 0.558. The van der Waals surface area contributed by atoms with Crippen molar-refractivity contribution in [2.24, 2.45) is 14.1 Å². The van der Waals surface area contributed by atoms with Gasteiger partial charge in [0.1, 0.15) is 0 Å². The van der Waals surface area contributed by atoms with Crippen molar-refractivity contribution in [3.05, 3.63) is 45.0 Å². The van der Waals surface area contributed by atoms with Crippen LogP contribution in [0.4, 0.5) is 0 Å². The summed E-state index contributed by atoms with van der Waals surface area (Å²) in [6.45, 7) is 0. The maximum atomic E-state index is 11.4. The average molecular weight is 190 g/mol. The lowest BCUT2D eigenvalue weighted by molar-refractivity contribution is 0.799. The zero-order valence-electron chi connectivity index (χ0n) is 8.02. The lowest BCUT2D eigenvalue weighted by atomic mass is 10.3. The van der Waals surface area contributed by atoms with Gasteiger partial charge in [0.2, 0.25) is 0 Å². The summed E-state index contributed by atoms with van der Waals surface area (Å²) >= 11 is 0. The Morgan fingerprint density at radius 1 is 0.857 bits per heavy atom. The van der Waals surface area contributed by atoms with E-state index in [-0.39, 0.29) is 0 Å². The molecule has 72 valence electrons. The Morgan fingerprint density at radius 3 is 1.57 bits per heavy atom. The average Bonchev–Trinajstić information content (AvgIpc) is 2.23. The number of hydrogen-bond acceptors (Lipinski definition) is 2. The predicted octanol–water partition coefficient (Wildman–Crippen LogP) is 0.237. The van der Waals surface area contributed by atoms with Crippen LogP contribution in [0.2, 0.25) is 0 Å². The van der Waals surface area contributed by atoms with Crippen molar-refractivity contribution < 1.29 is 0 Å². The Bertz CT molecular complexity index is 553. The number of fused-ring (bicyclic) bond motifs is 1. The minimum atomic E-state index is -0.494. The van der Waals surface area contributed by atoms with Crippen LogP contribution < -0.4 is 11.1 Å². The first-order chi connectivity index (χ1) is 6.63. The minimum absolute atomic E-state index is 0.494. The largest absolute Gasteiger partial charge is 0.316 e. The molecule has 0 radical (unpaired) electrons. The van der Waals surface area contributed by atoms with E-state index < -0.39 is 11.1 Å². The van der Waals surface area contributed by atoms with E-state index >= 15 is 0 Å². The first-order valence-corrected chi connectivity index (χ1v) is 4.27. The molecule has 4 nitrogen and oxygen atoms in total. The number of hydrogen-bond donors (Lipinski definition) is 0. The summed E-state index contributed by atoms with van der Waals surface area (Å²) in [5.41, 5.74) is 0.539. The Morgan fingerprint density at radius 2 is 1.21 bits per heavy atom. The Kier molecular flexibility index (Phi) is 1.77. The molecule has 0 fully saturated rings. The molecule has 2 aromatic rings. The molecule has 0 aliphatic carbocycles. The highest BCUT2D eigenvalue weighted by atomic mass is 16.2. The summed E-state index contributed by atoms with van der Waals surface area (Å²) in [6.07, 6.45) is 0. The molecule has 0 saturated heterocycles. The van der Waals surface area contributed by atoms with Crippen molar-refractivity contribution in [3.8, 4) is 0 Å². The third kappa shape index (κ3) is 1.00. The Labute approximate surface area is 80.0 Å². The van der Waals surface area contributed by atoms with Gasteiger partial charge in [-0.2, -0.15) is 0 Å². The molecule has 0 unspecified atom stereocenters. The number of nitrogens with zero attached hydrogens (tertiary/aromatic N) is 2. The van der Waals surface area contributed by atoms with E-state index in [4.69, 9.17) is 0 Å². The third-order valence-electron chi connectivity index (χ3n) is 2.40. The second-order valence-corrected chi connectivity index (χ2v) is 3.22. The first kappa shape index (κ1) is 8.74. The van der Waals surface area contributed by atoms with Gasteiger partial charge in [-0.15, -0.1) is 0 Å². The summed E-state index contributed by atoms with van der Waals surface area (Å²) in [7, 11) is 3.21. The fourth-order valence-electron chi connectivity index (χ4n) is 1.54. The van der Waals surface area contributed by atoms with Crippen molar-refractivity contribution in [1.29, 1.82) is 0 Å². The van der Waals surface area contributed by atoms with Gasteiger partial charge in [-0.3, -0.25) is 9.59 Å². The molecule has 0 amide bonds. The molecular formula is C10H10N2O2. The van der Waals surface area contributed by atoms with Crippen LogP contribution in [0, 0.1) is 0 Å². The Balaban J connectivity index is 3.19. The third-order valence-corrected chi connectivity index (χ3v) is 2.40. The maximum Gasteiger partial charge on any atom is 0.316 e. The van der Waals surface area contributed by atoms with Crippen LogP contribution in [0.3, 0.4) is 0 Å². The molecular weight excluding hydrogens is 180 g/mol. The molecule has 0 atom stereocenters. The van der Waals surface area contributed by atoms with Crippen molar-refractivity contribution in [3.63, 3.8) is 0 Å². The zero-order chi connectivity index (χ0) is 10.3. The van der Waals surface area contributed by atoms with Crippen LogP contribution in [0.25, 0.3) is 11.0 Å². The SMILES string of the molecule is Cn1c(=O)c(=O)n(C)c2ccccc21. The van der Waals surface area contributed by atoms with E-state index in [9.17, 15) is 9.59 Å². The molecule has 1 aromatic heterocycles. The Hall–Kier alpha value is -1.84. The van der Waals surface area contributed by atoms with Gasteiger partial charge < -0.3 is 9.13 Å². The van der Waals surface area contributed by atoms with Gasteiger partial charge in [0.25, 0.3) is 0 Å². The fraction of sp³-hybridized carbons (Fsp3) is 0.200. The van der Waals surface area contributed by atoms with E-state index in [1.54, 1.807) is 14.1 Å². The number of rotatable bonds is 0. The molecule has 0 bridgehead atoms. The summed E-state index contributed by atoms with van der Waals surface area (Å²) in [6, 6.07) is 7.31. The van der Waals surface area contributed by atoms with Crippen molar-refractivity contribution in [2.45, 2.75) is 0 Å². The van der Waals surface area contributed by atoms with Crippen LogP contribution in [-0.2, 0) is 14.1 Å². The highest BCUT2D eigenvalue weighted by Gasteiger charge is 2.06. The van der Waals surface area contributed by atoms with Crippen molar-refractivity contribution >= 4 is 11.0 Å². The standard InChI is InChI=1S/C10H10N2O2/c1-11-7-5-3-4-6-8(7)12(2)10(14)9(11)13/h3-6H,1-2H3. The van der Waals surface area contributed by atoms with E-state index in [0.29, 0.717) is 0 Å². The van der Waals surface area contributed by atoms with Gasteiger partial charge in [0.15, 0.2) is 0 Å². The lowest BCUT2D eigenvalue weighted by Crippen LogP contribution is -2.39. The summed E-state index contributed by atoms with van der Waals surface area (Å²) in [4.78, 5) is 22.9. The van der Waals surface area contributed by atoms with Crippen LogP contribution in [0.15, 0.2) is 33.9 Å². The summed E-state index contributed by atoms with van der Waals surface area (Å²) < 4.78 is 2.75. The molecule has 0 saturated carbocycles. The smallest absolute Gasteiger partial charge is 0.305 e. The summed E-state index contributed by atoms with van der Waals surface area (Å²) in [5.74, 6) is 0. The van der Waals surface area contributed by atoms with E-state index in [1.165, 1.54) is 9.13 Å². The van der Waals surface area contributed by atoms with E-state index in [1.807, 2.05) is 24.3 Å². The van der Waals surface area contributed by atoms with Crippen molar-refractivity contribution in [2.75, 3.05) is 0 Å². The van der Waals surface area contributed by atoms with Gasteiger partial charge in [-0.25, -0.2) is 0 Å². The number of para-hydroxylation sites is 2. The molecule has 0 aliphatic rings. The summed E-state index contributed by atoms with van der Waals surface area (Å²) in [5, 5.41) is 0. The first-order valence-electron chi connectivity index (χ1n) is 4.27. The highest BCUT2D eigenvalue weighted by Crippen LogP contribution is 2.07. The molecule has 0 spiro atoms. The molecule has 4 heteroatoms. The molecule has 1 aromatic carbocycles. The van der Waals surface area contributed by atoms with Gasteiger partial charge >= 0.3 is 11.1 Å². The number of aromatic nitrogens is 2. The maximum absolute atomic E-state index is 11.4. The van der Waals surface area contributed by atoms with E-state index in [2.05, 4.69) is 0 Å². The lowest BCUT2D eigenvalue weighted by Gasteiger charge is -2.07. The molecule has 2 rings (SSSR count). The monoisotopic (exact) mass is 190 g/mol. The topological polar surface area (TPSA) is 44.0 Å². The van der Waals surface area contributed by atoms with E-state index in [0.717, 1.165) is 11.0 Å². The van der Waals surface area contributed by atoms with Crippen molar-refractivity contribution in [1.82, 2.24) is 9.13 Å². The van der Waals surface area contributed by atoms with Crippen LogP contribution in [0.5, 0.6) is 0 Å². The van der Waals surface area contributed by atoms with Crippen LogP contribution in [-0.4, -0.2) is 9.13 Å². The second kappa shape index (κ2) is 2.83. The van der Waals surface area contributed by atoms with Gasteiger partial charge in [0, 0.05) is 14.1 Å². The minimum Gasteiger partial charge on any atom is -0.305 e. The number of benzene rings is 1. The van der Waals surface area contributed by atoms with Gasteiger partial charge in [-0.1, -0.05) is 12.1 Å². The van der Waals surface area contributed by atoms with Crippen LogP contribution in [0.1, 0.15) is 0 Å². The van der Waals surface area contributed by atoms with Crippen LogP contribution >= 0.6 is 0 Å². The highest BCUT2D eigenvalue weighted by molar-refractivity contribution is 5.74. The molecule has 14 heavy (non-hydrogen) atoms. The molecule has 0 N–H and O–H groups in total. The fourth-order valence-corrected chi connectivity index (χ4v) is 1.54. The normalized spacial score (nSPS) is 10.7. The molecule has 0 aliphatic heterocycles. The number of aryl methyl sites for hydroxylation is 2. The predicted molar refractivity (Wildman–Crippen MR) is 54.4 cm³/mol. The molecule has 1 heterocycles. The van der Waals surface area contributed by atoms with Gasteiger partial charge in [0.05, 0.1) is 11.0 Å². The zero-order valence-corrected chi connectivity index (χ0v) is 8.02. The second-order valence-electron chi connectivity index (χ2n) is 3.22. The van der Waals surface area contributed by atoms with Gasteiger partial charge in [-0.05, 0) is 12.1 Å².